The van der Waals surface area contributed by atoms with E-state index in [2.05, 4.69) is 10.5 Å². The summed E-state index contributed by atoms with van der Waals surface area (Å²) in [6, 6.07) is 1.66. The smallest absolute Gasteiger partial charge is 0.328 e. The normalized spacial score (nSPS) is 23.5. The largest absolute Gasteiger partial charge is 0.496 e. The Morgan fingerprint density at radius 1 is 1.12 bits per heavy atom. The molecule has 10 nitrogen and oxygen atoms in total. The van der Waals surface area contributed by atoms with Crippen molar-refractivity contribution in [1.82, 2.24) is 10.2 Å². The SMILES string of the molecule is COC(=O)[C@@H]1C[C@]2(CC(c3cc(Cl)c(OC)cc3OC)=NO2)CN1C(=O)[C@@H](NC(=O)CC1CCCCC1)C(C)(C)C. The summed E-state index contributed by atoms with van der Waals surface area (Å²) < 4.78 is 15.9. The van der Waals surface area contributed by atoms with E-state index in [1.807, 2.05) is 20.8 Å². The average molecular weight is 592 g/mol. The number of nitrogens with one attached hydrogen (secondary N) is 1. The van der Waals surface area contributed by atoms with Crippen LogP contribution in [0.15, 0.2) is 17.3 Å². The molecule has 1 aliphatic carbocycles. The molecule has 1 N–H and O–H groups in total. The maximum Gasteiger partial charge on any atom is 0.328 e. The van der Waals surface area contributed by atoms with Crippen molar-refractivity contribution in [2.45, 2.75) is 89.8 Å². The lowest BCUT2D eigenvalue weighted by Gasteiger charge is -2.35. The number of carbonyl (C=O) groups is 3. The van der Waals surface area contributed by atoms with Crippen LogP contribution in [0.1, 0.15) is 77.7 Å². The van der Waals surface area contributed by atoms with E-state index in [-0.39, 0.29) is 24.8 Å². The number of likely N-dealkylation sites (tertiary alicyclic amines) is 1. The first-order chi connectivity index (χ1) is 19.4. The summed E-state index contributed by atoms with van der Waals surface area (Å²) in [7, 11) is 4.35. The van der Waals surface area contributed by atoms with Gasteiger partial charge in [0.25, 0.3) is 0 Å². The molecule has 1 aromatic rings. The number of carbonyl (C=O) groups excluding carboxylic acids is 3. The van der Waals surface area contributed by atoms with E-state index in [1.165, 1.54) is 32.7 Å². The third kappa shape index (κ3) is 6.74. The highest BCUT2D eigenvalue weighted by molar-refractivity contribution is 6.32. The minimum Gasteiger partial charge on any atom is -0.496 e. The number of rotatable bonds is 8. The first-order valence-corrected chi connectivity index (χ1v) is 14.6. The second-order valence-corrected chi connectivity index (χ2v) is 12.9. The first kappa shape index (κ1) is 30.9. The molecular weight excluding hydrogens is 550 g/mol. The van der Waals surface area contributed by atoms with E-state index in [9.17, 15) is 14.4 Å². The molecule has 11 heteroatoms. The van der Waals surface area contributed by atoms with Gasteiger partial charge < -0.3 is 29.3 Å². The van der Waals surface area contributed by atoms with Gasteiger partial charge in [0.05, 0.1) is 38.6 Å². The van der Waals surface area contributed by atoms with Gasteiger partial charge in [0.2, 0.25) is 11.8 Å². The molecule has 1 spiro atoms. The molecule has 2 aliphatic heterocycles. The first-order valence-electron chi connectivity index (χ1n) is 14.3. The van der Waals surface area contributed by atoms with Crippen molar-refractivity contribution in [3.8, 4) is 11.5 Å². The van der Waals surface area contributed by atoms with Crippen molar-refractivity contribution in [3.05, 3.63) is 22.7 Å². The molecule has 3 aliphatic rings. The molecule has 0 unspecified atom stereocenters. The van der Waals surface area contributed by atoms with E-state index >= 15 is 0 Å². The van der Waals surface area contributed by atoms with E-state index in [1.54, 1.807) is 12.1 Å². The zero-order chi connectivity index (χ0) is 29.9. The fourth-order valence-corrected chi connectivity index (χ4v) is 6.40. The van der Waals surface area contributed by atoms with Gasteiger partial charge in [-0.15, -0.1) is 0 Å². The summed E-state index contributed by atoms with van der Waals surface area (Å²) in [5.74, 6) is 0.281. The number of amides is 2. The lowest BCUT2D eigenvalue weighted by atomic mass is 9.84. The lowest BCUT2D eigenvalue weighted by Crippen LogP contribution is -2.57. The van der Waals surface area contributed by atoms with Crippen LogP contribution in [0.3, 0.4) is 0 Å². The molecule has 0 bridgehead atoms. The van der Waals surface area contributed by atoms with Gasteiger partial charge in [0, 0.05) is 30.9 Å². The molecule has 3 atom stereocenters. The maximum absolute atomic E-state index is 14.1. The highest BCUT2D eigenvalue weighted by atomic mass is 35.5. The van der Waals surface area contributed by atoms with Crippen molar-refractivity contribution in [3.63, 3.8) is 0 Å². The third-order valence-corrected chi connectivity index (χ3v) is 8.69. The van der Waals surface area contributed by atoms with Crippen molar-refractivity contribution >= 4 is 35.1 Å². The third-order valence-electron chi connectivity index (χ3n) is 8.40. The highest BCUT2D eigenvalue weighted by Gasteiger charge is 2.56. The second-order valence-electron chi connectivity index (χ2n) is 12.5. The zero-order valence-corrected chi connectivity index (χ0v) is 25.6. The Morgan fingerprint density at radius 3 is 2.41 bits per heavy atom. The van der Waals surface area contributed by atoms with Gasteiger partial charge in [-0.2, -0.15) is 0 Å². The standard InChI is InChI=1S/C30H42ClN3O7/c1-29(2,3)26(32-25(35)12-18-10-8-7-9-11-18)27(36)34-17-30(16-22(34)28(37)40-6)15-21(33-41-30)19-13-20(31)24(39-5)14-23(19)38-4/h13-14,18,22,26H,7-12,15-17H2,1-6H3,(H,32,35)/t22-,26+,30+/m0/s1. The van der Waals surface area contributed by atoms with Gasteiger partial charge >= 0.3 is 5.97 Å². The van der Waals surface area contributed by atoms with Crippen molar-refractivity contribution in [2.75, 3.05) is 27.9 Å². The Kier molecular flexibility index (Phi) is 9.41. The zero-order valence-electron chi connectivity index (χ0n) is 24.9. The van der Waals surface area contributed by atoms with Gasteiger partial charge in [-0.3, -0.25) is 9.59 Å². The van der Waals surface area contributed by atoms with Crippen LogP contribution in [0.5, 0.6) is 11.5 Å². The van der Waals surface area contributed by atoms with Crippen molar-refractivity contribution in [1.29, 1.82) is 0 Å². The maximum atomic E-state index is 14.1. The number of hydrogen-bond donors (Lipinski definition) is 1. The Hall–Kier alpha value is -3.01. The van der Waals surface area contributed by atoms with Crippen LogP contribution in [-0.4, -0.2) is 74.0 Å². The number of hydrogen-bond acceptors (Lipinski definition) is 8. The highest BCUT2D eigenvalue weighted by Crippen LogP contribution is 2.42. The van der Waals surface area contributed by atoms with Crippen molar-refractivity contribution < 1.29 is 33.4 Å². The minimum absolute atomic E-state index is 0.107. The molecule has 1 aromatic carbocycles. The van der Waals surface area contributed by atoms with Crippen LogP contribution in [0.2, 0.25) is 5.02 Å². The van der Waals surface area contributed by atoms with Gasteiger partial charge in [-0.25, -0.2) is 4.79 Å². The molecule has 2 amide bonds. The molecule has 41 heavy (non-hydrogen) atoms. The predicted molar refractivity (Wildman–Crippen MR) is 154 cm³/mol. The van der Waals surface area contributed by atoms with Gasteiger partial charge in [0.1, 0.15) is 23.6 Å². The van der Waals surface area contributed by atoms with Crippen LogP contribution in [0, 0.1) is 11.3 Å². The van der Waals surface area contributed by atoms with E-state index < -0.39 is 29.1 Å². The average Bonchev–Trinajstić information content (AvgIpc) is 3.54. The summed E-state index contributed by atoms with van der Waals surface area (Å²) in [6.45, 7) is 5.82. The topological polar surface area (TPSA) is 116 Å². The lowest BCUT2D eigenvalue weighted by molar-refractivity contribution is -0.153. The molecule has 0 aromatic heterocycles. The van der Waals surface area contributed by atoms with Crippen LogP contribution < -0.4 is 14.8 Å². The number of nitrogens with zero attached hydrogens (tertiary/aromatic N) is 2. The number of methoxy groups -OCH3 is 3. The number of halogens is 1. The molecule has 1 saturated heterocycles. The summed E-state index contributed by atoms with van der Waals surface area (Å²) in [5.41, 5.74) is -0.327. The van der Waals surface area contributed by atoms with Gasteiger partial charge in [-0.05, 0) is 30.2 Å². The second kappa shape index (κ2) is 12.5. The monoisotopic (exact) mass is 591 g/mol. The Balaban J connectivity index is 1.55. The Labute approximate surface area is 247 Å². The molecule has 226 valence electrons. The quantitative estimate of drug-likeness (QED) is 0.443. The predicted octanol–water partition coefficient (Wildman–Crippen LogP) is 4.50. The molecule has 2 heterocycles. The molecule has 0 radical (unpaired) electrons. The number of esters is 1. The van der Waals surface area contributed by atoms with E-state index in [0.29, 0.717) is 46.6 Å². The fraction of sp³-hybridized carbons (Fsp3) is 0.667. The fourth-order valence-electron chi connectivity index (χ4n) is 6.16. The minimum atomic E-state index is -0.949. The summed E-state index contributed by atoms with van der Waals surface area (Å²) in [5, 5.41) is 7.74. The molecule has 2 fully saturated rings. The van der Waals surface area contributed by atoms with Gasteiger partial charge in [-0.1, -0.05) is 56.8 Å². The van der Waals surface area contributed by atoms with Crippen molar-refractivity contribution in [2.24, 2.45) is 16.5 Å². The van der Waals surface area contributed by atoms with Gasteiger partial charge in [0.15, 0.2) is 5.60 Å². The van der Waals surface area contributed by atoms with Crippen LogP contribution >= 0.6 is 11.6 Å². The van der Waals surface area contributed by atoms with Crippen LogP contribution in [0.25, 0.3) is 0 Å². The molecular formula is C30H42ClN3O7. The van der Waals surface area contributed by atoms with Crippen LogP contribution in [0.4, 0.5) is 0 Å². The Morgan fingerprint density at radius 2 is 1.80 bits per heavy atom. The number of oxime groups is 1. The summed E-state index contributed by atoms with van der Waals surface area (Å²) in [6.07, 6.45) is 6.45. The Bertz CT molecular complexity index is 1190. The summed E-state index contributed by atoms with van der Waals surface area (Å²) >= 11 is 6.39. The van der Waals surface area contributed by atoms with E-state index in [4.69, 9.17) is 30.6 Å². The van der Waals surface area contributed by atoms with E-state index in [0.717, 1.165) is 25.7 Å². The number of benzene rings is 1. The summed E-state index contributed by atoms with van der Waals surface area (Å²) in [4.78, 5) is 47.6. The van der Waals surface area contributed by atoms with Crippen LogP contribution in [-0.2, 0) is 24.0 Å². The molecule has 1 saturated carbocycles. The molecule has 4 rings (SSSR count). The number of ether oxygens (including phenoxy) is 3.